The number of hydrogen-bond donors (Lipinski definition) is 2. The van der Waals surface area contributed by atoms with Gasteiger partial charge in [-0.25, -0.2) is 0 Å². The number of hydrogen-bond acceptors (Lipinski definition) is 5. The Morgan fingerprint density at radius 1 is 1.25 bits per heavy atom. The van der Waals surface area contributed by atoms with Gasteiger partial charge < -0.3 is 25.1 Å². The first-order chi connectivity index (χ1) is 9.74. The molecule has 120 valence electrons. The van der Waals surface area contributed by atoms with Crippen molar-refractivity contribution in [3.05, 3.63) is 11.6 Å². The Balaban J connectivity index is 3.44. The second-order valence-corrected chi connectivity index (χ2v) is 4.85. The third-order valence-electron chi connectivity index (χ3n) is 2.83. The fourth-order valence-electron chi connectivity index (χ4n) is 1.71. The Kier molecular flexibility index (Phi) is 14.6. The molecular formula is C15H31NO4. The summed E-state index contributed by atoms with van der Waals surface area (Å²) in [5, 5.41) is 9.04. The number of rotatable bonds is 14. The van der Waals surface area contributed by atoms with E-state index in [0.29, 0.717) is 19.8 Å². The summed E-state index contributed by atoms with van der Waals surface area (Å²) in [6.45, 7) is 5.29. The minimum atomic E-state index is 0.0379. The fraction of sp³-hybridized carbons (Fsp3) is 0.867. The minimum Gasteiger partial charge on any atom is -0.392 e. The maximum Gasteiger partial charge on any atom is 0.0780 e. The zero-order chi connectivity index (χ0) is 15.1. The van der Waals surface area contributed by atoms with Crippen LogP contribution < -0.4 is 5.73 Å². The molecule has 0 aromatic heterocycles. The van der Waals surface area contributed by atoms with Gasteiger partial charge in [-0.05, 0) is 44.7 Å². The van der Waals surface area contributed by atoms with Crippen LogP contribution in [0, 0.1) is 0 Å². The zero-order valence-electron chi connectivity index (χ0n) is 13.0. The highest BCUT2D eigenvalue weighted by atomic mass is 16.5. The molecule has 0 rings (SSSR count). The van der Waals surface area contributed by atoms with E-state index in [1.165, 1.54) is 0 Å². The van der Waals surface area contributed by atoms with E-state index in [-0.39, 0.29) is 12.7 Å². The predicted octanol–water partition coefficient (Wildman–Crippen LogP) is 1.49. The molecule has 1 unspecified atom stereocenters. The van der Waals surface area contributed by atoms with Crippen LogP contribution in [-0.4, -0.2) is 57.9 Å². The summed E-state index contributed by atoms with van der Waals surface area (Å²) in [5.74, 6) is 0. The molecule has 0 aliphatic carbocycles. The van der Waals surface area contributed by atoms with Crippen molar-refractivity contribution in [3.63, 3.8) is 0 Å². The van der Waals surface area contributed by atoms with E-state index in [0.717, 1.165) is 44.4 Å². The van der Waals surface area contributed by atoms with Crippen LogP contribution in [0.1, 0.15) is 32.6 Å². The van der Waals surface area contributed by atoms with E-state index in [9.17, 15) is 0 Å². The Labute approximate surface area is 123 Å². The van der Waals surface area contributed by atoms with Crippen LogP contribution in [0.15, 0.2) is 11.6 Å². The molecule has 20 heavy (non-hydrogen) atoms. The van der Waals surface area contributed by atoms with Crippen molar-refractivity contribution in [3.8, 4) is 0 Å². The van der Waals surface area contributed by atoms with Crippen molar-refractivity contribution in [1.29, 1.82) is 0 Å². The van der Waals surface area contributed by atoms with Gasteiger partial charge in [-0.3, -0.25) is 0 Å². The lowest BCUT2D eigenvalue weighted by Gasteiger charge is -2.13. The van der Waals surface area contributed by atoms with Crippen LogP contribution >= 0.6 is 0 Å². The van der Waals surface area contributed by atoms with Crippen molar-refractivity contribution in [1.82, 2.24) is 0 Å². The Bertz CT molecular complexity index is 234. The van der Waals surface area contributed by atoms with Crippen LogP contribution in [0.25, 0.3) is 0 Å². The number of unbranched alkanes of at least 4 members (excludes halogenated alkanes) is 2. The van der Waals surface area contributed by atoms with Gasteiger partial charge in [0.25, 0.3) is 0 Å². The van der Waals surface area contributed by atoms with E-state index < -0.39 is 0 Å². The Hall–Kier alpha value is -0.460. The number of nitrogens with two attached hydrogens (primary N) is 1. The molecule has 5 nitrogen and oxygen atoms in total. The van der Waals surface area contributed by atoms with Crippen molar-refractivity contribution in [2.45, 2.75) is 38.7 Å². The topological polar surface area (TPSA) is 73.9 Å². The number of aliphatic hydroxyl groups is 1. The normalized spacial score (nSPS) is 13.7. The van der Waals surface area contributed by atoms with E-state index in [1.54, 1.807) is 7.11 Å². The molecule has 0 radical (unpaired) electrons. The van der Waals surface area contributed by atoms with Crippen molar-refractivity contribution >= 4 is 0 Å². The summed E-state index contributed by atoms with van der Waals surface area (Å²) in [7, 11) is 1.62. The minimum absolute atomic E-state index is 0.0379. The van der Waals surface area contributed by atoms with Gasteiger partial charge in [-0.15, -0.1) is 0 Å². The highest BCUT2D eigenvalue weighted by Crippen LogP contribution is 2.00. The van der Waals surface area contributed by atoms with Gasteiger partial charge in [0.15, 0.2) is 0 Å². The molecule has 0 aromatic carbocycles. The lowest BCUT2D eigenvalue weighted by atomic mass is 10.2. The quantitative estimate of drug-likeness (QED) is 0.374. The molecule has 0 aliphatic rings. The maximum absolute atomic E-state index is 9.04. The molecule has 0 aliphatic heterocycles. The summed E-state index contributed by atoms with van der Waals surface area (Å²) in [5.41, 5.74) is 6.32. The van der Waals surface area contributed by atoms with Crippen LogP contribution in [0.5, 0.6) is 0 Å². The Morgan fingerprint density at radius 3 is 2.70 bits per heavy atom. The van der Waals surface area contributed by atoms with Crippen LogP contribution in [-0.2, 0) is 14.2 Å². The highest BCUT2D eigenvalue weighted by Gasteiger charge is 2.02. The highest BCUT2D eigenvalue weighted by molar-refractivity contribution is 5.02. The van der Waals surface area contributed by atoms with E-state index in [1.807, 2.05) is 13.0 Å². The zero-order valence-corrected chi connectivity index (χ0v) is 13.0. The second-order valence-electron chi connectivity index (χ2n) is 4.85. The fourth-order valence-corrected chi connectivity index (χ4v) is 1.71. The van der Waals surface area contributed by atoms with Crippen molar-refractivity contribution in [2.75, 3.05) is 46.7 Å². The first-order valence-corrected chi connectivity index (χ1v) is 7.41. The first-order valence-electron chi connectivity index (χ1n) is 7.41. The van der Waals surface area contributed by atoms with Gasteiger partial charge in [0.1, 0.15) is 0 Å². The number of methoxy groups -OCH3 is 1. The third kappa shape index (κ3) is 12.6. The summed E-state index contributed by atoms with van der Waals surface area (Å²) in [6.07, 6.45) is 6.10. The Morgan fingerprint density at radius 2 is 2.05 bits per heavy atom. The molecule has 0 amide bonds. The van der Waals surface area contributed by atoms with Crippen LogP contribution in [0.4, 0.5) is 0 Å². The van der Waals surface area contributed by atoms with E-state index in [4.69, 9.17) is 25.1 Å². The van der Waals surface area contributed by atoms with Crippen molar-refractivity contribution in [2.24, 2.45) is 5.73 Å². The largest absolute Gasteiger partial charge is 0.392 e. The molecule has 3 N–H and O–H groups in total. The molecule has 5 heteroatoms. The SMILES string of the molecule is COC/C(=C/CCOCC(C)OCCCCCN)CO. The first kappa shape index (κ1) is 19.5. The lowest BCUT2D eigenvalue weighted by molar-refractivity contribution is -0.00675. The molecule has 0 spiro atoms. The molecule has 0 saturated carbocycles. The average molecular weight is 289 g/mol. The van der Waals surface area contributed by atoms with Gasteiger partial charge in [0.2, 0.25) is 0 Å². The van der Waals surface area contributed by atoms with Gasteiger partial charge >= 0.3 is 0 Å². The predicted molar refractivity (Wildman–Crippen MR) is 80.8 cm³/mol. The van der Waals surface area contributed by atoms with Gasteiger partial charge in [-0.1, -0.05) is 6.08 Å². The molecular weight excluding hydrogens is 258 g/mol. The lowest BCUT2D eigenvalue weighted by Crippen LogP contribution is -2.17. The van der Waals surface area contributed by atoms with Crippen LogP contribution in [0.3, 0.4) is 0 Å². The van der Waals surface area contributed by atoms with E-state index >= 15 is 0 Å². The molecule has 1 atom stereocenters. The molecule has 0 saturated heterocycles. The average Bonchev–Trinajstić information content (AvgIpc) is 2.45. The molecule has 0 aromatic rings. The number of aliphatic hydroxyl groups excluding tert-OH is 1. The van der Waals surface area contributed by atoms with Crippen LogP contribution in [0.2, 0.25) is 0 Å². The summed E-state index contributed by atoms with van der Waals surface area (Å²) < 4.78 is 16.1. The molecule has 0 bridgehead atoms. The third-order valence-corrected chi connectivity index (χ3v) is 2.83. The second kappa shape index (κ2) is 14.9. The standard InChI is InChI=1S/C15H31NO4/c1-14(20-10-5-3-4-8-16)12-19-9-6-7-15(11-17)13-18-2/h7,14,17H,3-6,8-13,16H2,1-2H3/b15-7+. The van der Waals surface area contributed by atoms with Crippen molar-refractivity contribution < 1.29 is 19.3 Å². The van der Waals surface area contributed by atoms with Gasteiger partial charge in [-0.2, -0.15) is 0 Å². The molecule has 0 heterocycles. The van der Waals surface area contributed by atoms with Gasteiger partial charge in [0, 0.05) is 13.7 Å². The number of ether oxygens (including phenoxy) is 3. The smallest absolute Gasteiger partial charge is 0.0780 e. The monoisotopic (exact) mass is 289 g/mol. The summed E-state index contributed by atoms with van der Waals surface area (Å²) in [6, 6.07) is 0. The van der Waals surface area contributed by atoms with E-state index in [2.05, 4.69) is 0 Å². The summed E-state index contributed by atoms with van der Waals surface area (Å²) >= 11 is 0. The maximum atomic E-state index is 9.04. The van der Waals surface area contributed by atoms with Gasteiger partial charge in [0.05, 0.1) is 32.5 Å². The molecule has 0 fully saturated rings. The summed E-state index contributed by atoms with van der Waals surface area (Å²) in [4.78, 5) is 0.